The van der Waals surface area contributed by atoms with Crippen molar-refractivity contribution in [1.29, 1.82) is 0 Å². The van der Waals surface area contributed by atoms with Crippen LogP contribution in [0.15, 0.2) is 12.1 Å². The molecule has 0 aromatic heterocycles. The Kier molecular flexibility index (Phi) is 2.34. The smallest absolute Gasteiger partial charge is 0.127 e. The van der Waals surface area contributed by atoms with Crippen LogP contribution < -0.4 is 0 Å². The zero-order valence-corrected chi connectivity index (χ0v) is 7.15. The van der Waals surface area contributed by atoms with Crippen molar-refractivity contribution in [1.82, 2.24) is 0 Å². The van der Waals surface area contributed by atoms with Gasteiger partial charge in [-0.1, -0.05) is 5.92 Å². The summed E-state index contributed by atoms with van der Waals surface area (Å²) < 4.78 is 0. The van der Waals surface area contributed by atoms with Crippen LogP contribution in [0, 0.1) is 12.3 Å². The summed E-state index contributed by atoms with van der Waals surface area (Å²) in [6, 6.07) is 2.28. The lowest BCUT2D eigenvalue weighted by Crippen LogP contribution is -1.90. The minimum absolute atomic E-state index is 0.192. The van der Waals surface area contributed by atoms with Crippen molar-refractivity contribution >= 4 is 0 Å². The van der Waals surface area contributed by atoms with Gasteiger partial charge in [0, 0.05) is 18.1 Å². The number of hydrogen-bond acceptors (Lipinski definition) is 3. The van der Waals surface area contributed by atoms with E-state index in [1.165, 1.54) is 0 Å². The summed E-state index contributed by atoms with van der Waals surface area (Å²) in [6.07, 6.45) is 5.15. The highest BCUT2D eigenvalue weighted by Crippen LogP contribution is 2.36. The Morgan fingerprint density at radius 2 is 1.69 bits per heavy atom. The van der Waals surface area contributed by atoms with Crippen LogP contribution in [0.3, 0.4) is 0 Å². The molecule has 3 nitrogen and oxygen atoms in total. The molecule has 1 rings (SSSR count). The van der Waals surface area contributed by atoms with Gasteiger partial charge in [-0.25, -0.2) is 0 Å². The van der Waals surface area contributed by atoms with Crippen molar-refractivity contribution in [3.05, 3.63) is 17.7 Å². The summed E-state index contributed by atoms with van der Waals surface area (Å²) in [6.45, 7) is 1.67. The lowest BCUT2D eigenvalue weighted by atomic mass is 10.00. The van der Waals surface area contributed by atoms with E-state index in [9.17, 15) is 10.2 Å². The molecule has 0 saturated carbocycles. The van der Waals surface area contributed by atoms with Gasteiger partial charge in [-0.15, -0.1) is 6.42 Å². The van der Waals surface area contributed by atoms with E-state index in [2.05, 4.69) is 5.92 Å². The summed E-state index contributed by atoms with van der Waals surface area (Å²) in [5.41, 5.74) is 0.264. The summed E-state index contributed by atoms with van der Waals surface area (Å²) in [5, 5.41) is 27.7. The lowest BCUT2D eigenvalue weighted by Gasteiger charge is -2.09. The number of terminal acetylenes is 1. The van der Waals surface area contributed by atoms with Gasteiger partial charge < -0.3 is 15.3 Å². The summed E-state index contributed by atoms with van der Waals surface area (Å²) >= 11 is 0. The molecule has 0 fully saturated rings. The highest BCUT2D eigenvalue weighted by atomic mass is 16.3. The Hall–Kier alpha value is -1.82. The van der Waals surface area contributed by atoms with E-state index in [0.717, 1.165) is 12.1 Å². The summed E-state index contributed by atoms with van der Waals surface area (Å²) in [4.78, 5) is 0. The van der Waals surface area contributed by atoms with E-state index in [1.54, 1.807) is 6.92 Å². The average Bonchev–Trinajstić information content (AvgIpc) is 2.02. The van der Waals surface area contributed by atoms with Crippen LogP contribution in [0.1, 0.15) is 18.4 Å². The molecule has 0 heterocycles. The van der Waals surface area contributed by atoms with Crippen molar-refractivity contribution in [2.24, 2.45) is 0 Å². The quantitative estimate of drug-likeness (QED) is 0.571. The fourth-order valence-corrected chi connectivity index (χ4v) is 1.14. The number of benzene rings is 1. The molecule has 0 radical (unpaired) electrons. The molecule has 0 aliphatic carbocycles. The molecule has 1 unspecified atom stereocenters. The second kappa shape index (κ2) is 3.28. The molecule has 3 heteroatoms. The topological polar surface area (TPSA) is 60.7 Å². The number of phenolic OH excluding ortho intramolecular Hbond substituents is 3. The minimum Gasteiger partial charge on any atom is -0.508 e. The maximum Gasteiger partial charge on any atom is 0.127 e. The molecule has 0 saturated heterocycles. The number of rotatable bonds is 1. The Labute approximate surface area is 76.3 Å². The van der Waals surface area contributed by atoms with E-state index >= 15 is 0 Å². The molecule has 1 atom stereocenters. The van der Waals surface area contributed by atoms with Crippen molar-refractivity contribution < 1.29 is 15.3 Å². The zero-order chi connectivity index (χ0) is 10.0. The third kappa shape index (κ3) is 1.67. The molecular formula is C10H10O3. The first-order chi connectivity index (χ1) is 6.06. The normalized spacial score (nSPS) is 12.0. The van der Waals surface area contributed by atoms with Crippen LogP contribution in [-0.2, 0) is 0 Å². The van der Waals surface area contributed by atoms with Crippen molar-refractivity contribution in [3.8, 4) is 29.6 Å². The lowest BCUT2D eigenvalue weighted by molar-refractivity contribution is 0.418. The minimum atomic E-state index is -0.388. The van der Waals surface area contributed by atoms with Crippen molar-refractivity contribution in [2.75, 3.05) is 0 Å². The van der Waals surface area contributed by atoms with Crippen LogP contribution in [0.4, 0.5) is 0 Å². The van der Waals surface area contributed by atoms with Gasteiger partial charge in [-0.05, 0) is 6.92 Å². The maximum atomic E-state index is 9.36. The van der Waals surface area contributed by atoms with E-state index in [-0.39, 0.29) is 28.7 Å². The van der Waals surface area contributed by atoms with E-state index in [1.807, 2.05) is 0 Å². The Morgan fingerprint density at radius 1 is 1.23 bits per heavy atom. The number of phenols is 3. The van der Waals surface area contributed by atoms with E-state index in [4.69, 9.17) is 11.5 Å². The van der Waals surface area contributed by atoms with Gasteiger partial charge in [0.1, 0.15) is 17.2 Å². The molecule has 1 aromatic carbocycles. The maximum absolute atomic E-state index is 9.36. The fourth-order valence-electron chi connectivity index (χ4n) is 1.14. The zero-order valence-electron chi connectivity index (χ0n) is 7.15. The largest absolute Gasteiger partial charge is 0.508 e. The van der Waals surface area contributed by atoms with Crippen molar-refractivity contribution in [3.63, 3.8) is 0 Å². The highest BCUT2D eigenvalue weighted by molar-refractivity contribution is 5.52. The van der Waals surface area contributed by atoms with Gasteiger partial charge in [0.2, 0.25) is 0 Å². The predicted octanol–water partition coefficient (Wildman–Crippen LogP) is 1.54. The Bertz CT molecular complexity index is 340. The molecule has 68 valence electrons. The molecule has 0 aliphatic rings. The number of aromatic hydroxyl groups is 3. The van der Waals surface area contributed by atoms with Crippen LogP contribution in [0.5, 0.6) is 17.2 Å². The first-order valence-corrected chi connectivity index (χ1v) is 3.77. The molecule has 3 N–H and O–H groups in total. The highest BCUT2D eigenvalue weighted by Gasteiger charge is 2.14. The average molecular weight is 178 g/mol. The van der Waals surface area contributed by atoms with E-state index < -0.39 is 0 Å². The molecule has 13 heavy (non-hydrogen) atoms. The number of hydrogen-bond donors (Lipinski definition) is 3. The predicted molar refractivity (Wildman–Crippen MR) is 48.7 cm³/mol. The van der Waals surface area contributed by atoms with Crippen molar-refractivity contribution in [2.45, 2.75) is 12.8 Å². The van der Waals surface area contributed by atoms with Gasteiger partial charge in [0.05, 0.1) is 5.56 Å². The van der Waals surface area contributed by atoms with Crippen LogP contribution >= 0.6 is 0 Å². The second-order valence-corrected chi connectivity index (χ2v) is 2.79. The molecule has 1 aromatic rings. The van der Waals surface area contributed by atoms with Gasteiger partial charge in [-0.2, -0.15) is 0 Å². The molecule has 0 spiro atoms. The molecular weight excluding hydrogens is 168 g/mol. The van der Waals surface area contributed by atoms with Gasteiger partial charge in [0.25, 0.3) is 0 Å². The van der Waals surface area contributed by atoms with Gasteiger partial charge in [-0.3, -0.25) is 0 Å². The molecule has 0 aliphatic heterocycles. The second-order valence-electron chi connectivity index (χ2n) is 2.79. The summed E-state index contributed by atoms with van der Waals surface area (Å²) in [5.74, 6) is 1.42. The standard InChI is InChI=1S/C10H10O3/c1-3-6(2)10-8(12)4-7(11)5-9(10)13/h1,4-6,11-13H,2H3. The van der Waals surface area contributed by atoms with Crippen LogP contribution in [0.25, 0.3) is 0 Å². The SMILES string of the molecule is C#CC(C)c1c(O)cc(O)cc1O. The Balaban J connectivity index is 3.30. The third-order valence-corrected chi connectivity index (χ3v) is 1.80. The molecule has 0 bridgehead atoms. The Morgan fingerprint density at radius 3 is 2.08 bits per heavy atom. The van der Waals surface area contributed by atoms with E-state index in [0.29, 0.717) is 0 Å². The fraction of sp³-hybridized carbons (Fsp3) is 0.200. The van der Waals surface area contributed by atoms with Crippen LogP contribution in [-0.4, -0.2) is 15.3 Å². The summed E-state index contributed by atoms with van der Waals surface area (Å²) in [7, 11) is 0. The first kappa shape index (κ1) is 9.27. The molecule has 0 amide bonds. The van der Waals surface area contributed by atoms with Gasteiger partial charge >= 0.3 is 0 Å². The monoisotopic (exact) mass is 178 g/mol. The van der Waals surface area contributed by atoms with Crippen LogP contribution in [0.2, 0.25) is 0 Å². The first-order valence-electron chi connectivity index (χ1n) is 3.77. The third-order valence-electron chi connectivity index (χ3n) is 1.80. The van der Waals surface area contributed by atoms with Gasteiger partial charge in [0.15, 0.2) is 0 Å².